The zero-order chi connectivity index (χ0) is 19.3. The molecule has 0 aliphatic carbocycles. The van der Waals surface area contributed by atoms with E-state index >= 15 is 0 Å². The van der Waals surface area contributed by atoms with Crippen LogP contribution in [-0.4, -0.2) is 19.9 Å². The Hall–Kier alpha value is -1.43. The molecule has 0 atom stereocenters. The van der Waals surface area contributed by atoms with Crippen molar-refractivity contribution in [2.24, 2.45) is 10.2 Å². The summed E-state index contributed by atoms with van der Waals surface area (Å²) in [5, 5.41) is 10.2. The lowest BCUT2D eigenvalue weighted by molar-refractivity contribution is -0.160. The minimum atomic E-state index is 0.904. The fourth-order valence-electron chi connectivity index (χ4n) is 1.45. The van der Waals surface area contributed by atoms with Gasteiger partial charge < -0.3 is 0 Å². The average molecular weight is 367 g/mol. The van der Waals surface area contributed by atoms with E-state index in [9.17, 15) is 0 Å². The lowest BCUT2D eigenvalue weighted by Gasteiger charge is -1.97. The molecule has 0 bridgehead atoms. The van der Waals surface area contributed by atoms with Gasteiger partial charge in [-0.25, -0.2) is 4.89 Å². The van der Waals surface area contributed by atoms with Gasteiger partial charge in [0.1, 0.15) is 0 Å². The molecule has 0 heterocycles. The molecule has 0 saturated heterocycles. The number of hydrogen-bond acceptors (Lipinski definition) is 5. The third-order valence-corrected chi connectivity index (χ3v) is 2.65. The molecule has 2 aromatic carbocycles. The highest BCUT2D eigenvalue weighted by Gasteiger charge is 1.92. The molecule has 0 unspecified atom stereocenters. The van der Waals surface area contributed by atoms with Gasteiger partial charge in [-0.2, -0.15) is 14.6 Å². The molecule has 0 aliphatic rings. The average Bonchev–Trinajstić information content (AvgIpc) is 2.62. The van der Waals surface area contributed by atoms with E-state index in [0.29, 0.717) is 0 Å². The molecule has 0 N–H and O–H groups in total. The first kappa shape index (κ1) is 25.8. The summed E-state index contributed by atoms with van der Waals surface area (Å²) in [6, 6.07) is 14.3. The van der Waals surface area contributed by atoms with Crippen LogP contribution in [-0.2, 0) is 9.22 Å². The topological polar surface area (TPSA) is 43.2 Å². The quantitative estimate of drug-likeness (QED) is 0.184. The van der Waals surface area contributed by atoms with E-state index in [1.807, 2.05) is 31.2 Å². The van der Waals surface area contributed by atoms with Crippen molar-refractivity contribution in [1.82, 2.24) is 0 Å². The van der Waals surface area contributed by atoms with Crippen LogP contribution in [0, 0.1) is 0 Å². The Labute approximate surface area is 158 Å². The van der Waals surface area contributed by atoms with E-state index in [1.54, 1.807) is 7.05 Å². The fourth-order valence-corrected chi connectivity index (χ4v) is 1.64. The molecule has 2 aromatic rings. The van der Waals surface area contributed by atoms with Crippen molar-refractivity contribution >= 4 is 28.5 Å². The Morgan fingerprint density at radius 1 is 0.880 bits per heavy atom. The summed E-state index contributed by atoms with van der Waals surface area (Å²) in [6.45, 7) is 10.5. The molecule has 0 aliphatic heterocycles. The van der Waals surface area contributed by atoms with Gasteiger partial charge in [-0.05, 0) is 22.9 Å². The first-order valence-corrected chi connectivity index (χ1v) is 9.66. The highest BCUT2D eigenvalue weighted by Crippen LogP contribution is 2.20. The maximum absolute atomic E-state index is 4.40. The summed E-state index contributed by atoms with van der Waals surface area (Å²) in [4.78, 5) is 4.25. The molecule has 0 radical (unpaired) electrons. The molecule has 25 heavy (non-hydrogen) atoms. The van der Waals surface area contributed by atoms with E-state index in [0.717, 1.165) is 11.4 Å². The SMILES string of the molecule is CCC.CCC.CCSOOC.CN=Nc1ccc2ccccc2c1. The monoisotopic (exact) mass is 366 g/mol. The number of hydrogen-bond donors (Lipinski definition) is 0. The van der Waals surface area contributed by atoms with Crippen molar-refractivity contribution in [2.75, 3.05) is 19.9 Å². The van der Waals surface area contributed by atoms with Crippen molar-refractivity contribution in [3.63, 3.8) is 0 Å². The third kappa shape index (κ3) is 15.8. The van der Waals surface area contributed by atoms with Crippen molar-refractivity contribution in [2.45, 2.75) is 47.5 Å². The van der Waals surface area contributed by atoms with E-state index in [4.69, 9.17) is 0 Å². The Morgan fingerprint density at radius 2 is 1.44 bits per heavy atom. The van der Waals surface area contributed by atoms with Crippen LogP contribution >= 0.6 is 12.0 Å². The van der Waals surface area contributed by atoms with Crippen LogP contribution in [0.15, 0.2) is 52.7 Å². The molecule has 5 heteroatoms. The summed E-state index contributed by atoms with van der Waals surface area (Å²) < 4.78 is 4.40. The molecule has 0 amide bonds. The molecular weight excluding hydrogens is 332 g/mol. The predicted molar refractivity (Wildman–Crippen MR) is 113 cm³/mol. The Balaban J connectivity index is 0. The van der Waals surface area contributed by atoms with Crippen LogP contribution in [0.2, 0.25) is 0 Å². The van der Waals surface area contributed by atoms with Gasteiger partial charge in [0, 0.05) is 24.8 Å². The molecule has 142 valence electrons. The van der Waals surface area contributed by atoms with Gasteiger partial charge >= 0.3 is 0 Å². The maximum Gasteiger partial charge on any atom is 0.0858 e. The highest BCUT2D eigenvalue weighted by molar-refractivity contribution is 7.94. The summed E-state index contributed by atoms with van der Waals surface area (Å²) in [7, 11) is 3.16. The second kappa shape index (κ2) is 20.6. The summed E-state index contributed by atoms with van der Waals surface area (Å²) in [5.74, 6) is 0.924. The van der Waals surface area contributed by atoms with Crippen LogP contribution in [0.1, 0.15) is 47.5 Å². The highest BCUT2D eigenvalue weighted by atomic mass is 32.2. The number of fused-ring (bicyclic) bond motifs is 1. The molecule has 0 aromatic heterocycles. The van der Waals surface area contributed by atoms with Crippen LogP contribution in [0.3, 0.4) is 0 Å². The fraction of sp³-hybridized carbons (Fsp3) is 0.500. The van der Waals surface area contributed by atoms with Crippen molar-refractivity contribution < 1.29 is 9.22 Å². The second-order valence-electron chi connectivity index (χ2n) is 4.89. The zero-order valence-corrected chi connectivity index (χ0v) is 17.6. The second-order valence-corrected chi connectivity index (χ2v) is 5.84. The lowest BCUT2D eigenvalue weighted by atomic mass is 10.1. The summed E-state index contributed by atoms with van der Waals surface area (Å²) in [6.07, 6.45) is 2.50. The van der Waals surface area contributed by atoms with E-state index < -0.39 is 0 Å². The number of nitrogens with zero attached hydrogens (tertiary/aromatic N) is 2. The third-order valence-electron chi connectivity index (χ3n) is 2.18. The van der Waals surface area contributed by atoms with E-state index in [1.165, 1.54) is 42.8 Å². The number of rotatable bonds is 4. The van der Waals surface area contributed by atoms with Crippen molar-refractivity contribution in [3.8, 4) is 0 Å². The minimum absolute atomic E-state index is 0.904. The van der Waals surface area contributed by atoms with Gasteiger partial charge in [0.15, 0.2) is 0 Å². The molecule has 0 spiro atoms. The van der Waals surface area contributed by atoms with Crippen molar-refractivity contribution in [3.05, 3.63) is 42.5 Å². The number of azo groups is 1. The first-order chi connectivity index (χ1) is 12.1. The van der Waals surface area contributed by atoms with Gasteiger partial charge in [0.25, 0.3) is 0 Å². The zero-order valence-electron chi connectivity index (χ0n) is 16.8. The van der Waals surface area contributed by atoms with Gasteiger partial charge in [-0.15, -0.1) is 0 Å². The van der Waals surface area contributed by atoms with Gasteiger partial charge in [0.2, 0.25) is 0 Å². The summed E-state index contributed by atoms with van der Waals surface area (Å²) in [5.41, 5.74) is 0.904. The van der Waals surface area contributed by atoms with Crippen LogP contribution in [0.5, 0.6) is 0 Å². The Morgan fingerprint density at radius 3 is 1.88 bits per heavy atom. The normalized spacial score (nSPS) is 9.40. The Bertz CT molecular complexity index is 542. The largest absolute Gasteiger partial charge is 0.228 e. The lowest BCUT2D eigenvalue weighted by Crippen LogP contribution is -1.75. The van der Waals surface area contributed by atoms with Gasteiger partial charge in [-0.3, -0.25) is 0 Å². The molecular formula is C20H34N2O2S. The molecule has 2 rings (SSSR count). The molecule has 0 saturated carbocycles. The first-order valence-electron chi connectivity index (χ1n) is 8.75. The maximum atomic E-state index is 4.40. The van der Waals surface area contributed by atoms with E-state index in [2.05, 4.69) is 65.3 Å². The van der Waals surface area contributed by atoms with Crippen molar-refractivity contribution in [1.29, 1.82) is 0 Å². The Kier molecular flexibility index (Phi) is 21.3. The molecule has 0 fully saturated rings. The molecule has 4 nitrogen and oxygen atoms in total. The smallest absolute Gasteiger partial charge is 0.0858 e. The van der Waals surface area contributed by atoms with Crippen LogP contribution in [0.25, 0.3) is 10.8 Å². The summed E-state index contributed by atoms with van der Waals surface area (Å²) >= 11 is 1.29. The predicted octanol–water partition coefficient (Wildman–Crippen LogP) is 7.62. The van der Waals surface area contributed by atoms with Gasteiger partial charge in [0.05, 0.1) is 12.8 Å². The number of benzene rings is 2. The van der Waals surface area contributed by atoms with Gasteiger partial charge in [-0.1, -0.05) is 77.8 Å². The van der Waals surface area contributed by atoms with E-state index in [-0.39, 0.29) is 0 Å². The minimum Gasteiger partial charge on any atom is -0.228 e. The van der Waals surface area contributed by atoms with Crippen LogP contribution < -0.4 is 0 Å². The van der Waals surface area contributed by atoms with Crippen LogP contribution in [0.4, 0.5) is 5.69 Å². The standard InChI is InChI=1S/C11H10N2.C3H8O2S.2C3H8/c1-12-13-11-7-6-9-4-2-3-5-10(9)8-11;1-3-6-5-4-2;2*1-3-2/h2-8H,1H3;3H2,1-2H3;2*3H2,1-2H3.